The molecular weight excluding hydrogens is 252 g/mol. The normalized spacial score (nSPS) is 19.4. The van der Waals surface area contributed by atoms with E-state index < -0.39 is 0 Å². The largest absolute Gasteiger partial charge is 0.334 e. The van der Waals surface area contributed by atoms with Crippen LogP contribution in [0.1, 0.15) is 23.0 Å². The highest BCUT2D eigenvalue weighted by Gasteiger charge is 2.26. The number of hydrogen-bond donors (Lipinski definition) is 1. The third-order valence-electron chi connectivity index (χ3n) is 3.58. The van der Waals surface area contributed by atoms with Crippen molar-refractivity contribution in [3.8, 4) is 11.8 Å². The first-order valence-corrected chi connectivity index (χ1v) is 6.77. The second-order valence-corrected chi connectivity index (χ2v) is 4.99. The van der Waals surface area contributed by atoms with Gasteiger partial charge < -0.3 is 15.5 Å². The van der Waals surface area contributed by atoms with Gasteiger partial charge in [0, 0.05) is 31.9 Å². The van der Waals surface area contributed by atoms with E-state index in [9.17, 15) is 4.79 Å². The molecule has 5 nitrogen and oxygen atoms in total. The van der Waals surface area contributed by atoms with Gasteiger partial charge in [0.25, 0.3) is 5.91 Å². The lowest BCUT2D eigenvalue weighted by Gasteiger charge is -2.37. The van der Waals surface area contributed by atoms with E-state index in [1.807, 2.05) is 11.0 Å². The Morgan fingerprint density at radius 1 is 1.55 bits per heavy atom. The van der Waals surface area contributed by atoms with Crippen molar-refractivity contribution in [2.45, 2.75) is 13.0 Å². The number of piperazine rings is 1. The summed E-state index contributed by atoms with van der Waals surface area (Å²) in [5.74, 6) is 5.65. The minimum atomic E-state index is -0.0492. The van der Waals surface area contributed by atoms with E-state index in [4.69, 9.17) is 5.73 Å². The van der Waals surface area contributed by atoms with E-state index >= 15 is 0 Å². The molecule has 1 aromatic heterocycles. The summed E-state index contributed by atoms with van der Waals surface area (Å²) in [6, 6.07) is 3.95. The van der Waals surface area contributed by atoms with Crippen molar-refractivity contribution in [3.05, 3.63) is 29.6 Å². The number of carbonyl (C=O) groups excluding carboxylic acids is 1. The maximum atomic E-state index is 12.6. The molecule has 1 unspecified atom stereocenters. The Bertz CT molecular complexity index is 546. The molecule has 1 amide bonds. The van der Waals surface area contributed by atoms with Crippen molar-refractivity contribution in [1.29, 1.82) is 0 Å². The second kappa shape index (κ2) is 6.51. The lowest BCUT2D eigenvalue weighted by atomic mass is 10.1. The van der Waals surface area contributed by atoms with E-state index in [0.29, 0.717) is 17.3 Å². The number of nitrogens with two attached hydrogens (primary N) is 1. The highest BCUT2D eigenvalue weighted by atomic mass is 16.2. The molecule has 1 saturated heterocycles. The lowest BCUT2D eigenvalue weighted by molar-refractivity contribution is 0.0566. The number of pyridine rings is 1. The molecule has 0 radical (unpaired) electrons. The van der Waals surface area contributed by atoms with Gasteiger partial charge in [-0.05, 0) is 26.1 Å². The van der Waals surface area contributed by atoms with Gasteiger partial charge in [-0.1, -0.05) is 11.8 Å². The van der Waals surface area contributed by atoms with Crippen molar-refractivity contribution in [1.82, 2.24) is 14.8 Å². The van der Waals surface area contributed by atoms with Gasteiger partial charge in [-0.2, -0.15) is 0 Å². The van der Waals surface area contributed by atoms with Crippen LogP contribution in [0.2, 0.25) is 0 Å². The average molecular weight is 272 g/mol. The maximum Gasteiger partial charge on any atom is 0.273 e. The van der Waals surface area contributed by atoms with Gasteiger partial charge in [0.1, 0.15) is 5.69 Å². The van der Waals surface area contributed by atoms with E-state index in [2.05, 4.69) is 35.7 Å². The van der Waals surface area contributed by atoms with Crippen LogP contribution in [0.25, 0.3) is 0 Å². The number of nitrogens with zero attached hydrogens (tertiary/aromatic N) is 3. The third kappa shape index (κ3) is 3.16. The van der Waals surface area contributed by atoms with Crippen molar-refractivity contribution in [3.63, 3.8) is 0 Å². The lowest BCUT2D eigenvalue weighted by Crippen LogP contribution is -2.52. The van der Waals surface area contributed by atoms with Crippen LogP contribution in [0.4, 0.5) is 0 Å². The van der Waals surface area contributed by atoms with Crippen molar-refractivity contribution in [2.75, 3.05) is 33.2 Å². The molecule has 0 aromatic carbocycles. The summed E-state index contributed by atoms with van der Waals surface area (Å²) in [5.41, 5.74) is 6.45. The molecule has 1 aliphatic rings. The smallest absolute Gasteiger partial charge is 0.273 e. The van der Waals surface area contributed by atoms with Crippen LogP contribution in [0, 0.1) is 11.8 Å². The fraction of sp³-hybridized carbons (Fsp3) is 0.467. The number of rotatable bonds is 1. The van der Waals surface area contributed by atoms with E-state index in [1.54, 1.807) is 12.3 Å². The summed E-state index contributed by atoms with van der Waals surface area (Å²) >= 11 is 0. The Balaban J connectivity index is 2.21. The summed E-state index contributed by atoms with van der Waals surface area (Å²) in [5, 5.41) is 0. The molecule has 2 rings (SSSR count). The fourth-order valence-corrected chi connectivity index (χ4v) is 2.21. The Morgan fingerprint density at radius 2 is 2.35 bits per heavy atom. The number of hydrogen-bond acceptors (Lipinski definition) is 4. The first-order chi connectivity index (χ1) is 9.63. The standard InChI is InChI=1S/C15H20N4O/c1-12-11-19(10-9-18(12)2)15(20)14-13(5-3-7-16)6-4-8-17-14/h4,6,8,12H,7,9-11,16H2,1-2H3. The Hall–Kier alpha value is -1.90. The molecule has 1 aromatic rings. The molecule has 1 aliphatic heterocycles. The summed E-state index contributed by atoms with van der Waals surface area (Å²) in [6.45, 7) is 4.71. The minimum absolute atomic E-state index is 0.0492. The third-order valence-corrected chi connectivity index (χ3v) is 3.58. The second-order valence-electron chi connectivity index (χ2n) is 4.99. The maximum absolute atomic E-state index is 12.6. The topological polar surface area (TPSA) is 62.5 Å². The summed E-state index contributed by atoms with van der Waals surface area (Å²) in [7, 11) is 2.07. The van der Waals surface area contributed by atoms with Crippen LogP contribution in [-0.4, -0.2) is 60.0 Å². The number of amides is 1. The highest BCUT2D eigenvalue weighted by Crippen LogP contribution is 2.13. The quantitative estimate of drug-likeness (QED) is 0.740. The summed E-state index contributed by atoms with van der Waals surface area (Å²) in [6.07, 6.45) is 1.63. The van der Waals surface area contributed by atoms with Crippen molar-refractivity contribution >= 4 is 5.91 Å². The number of likely N-dealkylation sites (N-methyl/N-ethyl adjacent to an activating group) is 1. The predicted octanol–water partition coefficient (Wildman–Crippen LogP) is 0.168. The minimum Gasteiger partial charge on any atom is -0.334 e. The molecule has 1 atom stereocenters. The van der Waals surface area contributed by atoms with Crippen LogP contribution in [-0.2, 0) is 0 Å². The zero-order valence-electron chi connectivity index (χ0n) is 12.0. The van der Waals surface area contributed by atoms with E-state index in [1.165, 1.54) is 0 Å². The van der Waals surface area contributed by atoms with Crippen LogP contribution >= 0.6 is 0 Å². The molecule has 1 fully saturated rings. The van der Waals surface area contributed by atoms with E-state index in [0.717, 1.165) is 19.6 Å². The molecule has 2 N–H and O–H groups in total. The molecule has 20 heavy (non-hydrogen) atoms. The SMILES string of the molecule is CC1CN(C(=O)c2ncccc2C#CCN)CCN1C. The van der Waals surface area contributed by atoms with Crippen LogP contribution in [0.15, 0.2) is 18.3 Å². The average Bonchev–Trinajstić information content (AvgIpc) is 2.47. The van der Waals surface area contributed by atoms with Crippen molar-refractivity contribution in [2.24, 2.45) is 5.73 Å². The number of aromatic nitrogens is 1. The van der Waals surface area contributed by atoms with Crippen LogP contribution in [0.3, 0.4) is 0 Å². The highest BCUT2D eigenvalue weighted by molar-refractivity contribution is 5.94. The molecule has 0 spiro atoms. The predicted molar refractivity (Wildman–Crippen MR) is 78.2 cm³/mol. The summed E-state index contributed by atoms with van der Waals surface area (Å²) in [4.78, 5) is 20.9. The monoisotopic (exact) mass is 272 g/mol. The van der Waals surface area contributed by atoms with Crippen LogP contribution < -0.4 is 5.73 Å². The van der Waals surface area contributed by atoms with Gasteiger partial charge in [0.15, 0.2) is 0 Å². The van der Waals surface area contributed by atoms with Gasteiger partial charge in [-0.25, -0.2) is 4.98 Å². The zero-order valence-corrected chi connectivity index (χ0v) is 12.0. The van der Waals surface area contributed by atoms with E-state index in [-0.39, 0.29) is 12.5 Å². The first kappa shape index (κ1) is 14.5. The van der Waals surface area contributed by atoms with Gasteiger partial charge >= 0.3 is 0 Å². The van der Waals surface area contributed by atoms with Gasteiger partial charge in [-0.15, -0.1) is 0 Å². The Kier molecular flexibility index (Phi) is 4.72. The molecule has 106 valence electrons. The van der Waals surface area contributed by atoms with Gasteiger partial charge in [-0.3, -0.25) is 4.79 Å². The molecule has 0 bridgehead atoms. The molecule has 0 aliphatic carbocycles. The molecule has 0 saturated carbocycles. The number of carbonyl (C=O) groups is 1. The zero-order chi connectivity index (χ0) is 14.5. The summed E-state index contributed by atoms with van der Waals surface area (Å²) < 4.78 is 0. The molecule has 5 heteroatoms. The molecular formula is C15H20N4O. The van der Waals surface area contributed by atoms with Gasteiger partial charge in [0.2, 0.25) is 0 Å². The molecule has 2 heterocycles. The Morgan fingerprint density at radius 3 is 3.05 bits per heavy atom. The van der Waals surface area contributed by atoms with Crippen molar-refractivity contribution < 1.29 is 4.79 Å². The Labute approximate surface area is 119 Å². The van der Waals surface area contributed by atoms with Gasteiger partial charge in [0.05, 0.1) is 12.1 Å². The fourth-order valence-electron chi connectivity index (χ4n) is 2.21. The first-order valence-electron chi connectivity index (χ1n) is 6.77. The van der Waals surface area contributed by atoms with Crippen LogP contribution in [0.5, 0.6) is 0 Å².